The molecule has 0 saturated carbocycles. The van der Waals surface area contributed by atoms with E-state index in [1.54, 1.807) is 13.2 Å². The third kappa shape index (κ3) is 10.2. The number of hydrogen-bond donors (Lipinski definition) is 0. The maximum Gasteiger partial charge on any atom is 0.334 e. The zero-order valence-electron chi connectivity index (χ0n) is 17.9. The first-order valence-corrected chi connectivity index (χ1v) is 14.0. The molecule has 0 aliphatic carbocycles. The van der Waals surface area contributed by atoms with E-state index >= 15 is 0 Å². The van der Waals surface area contributed by atoms with E-state index in [-0.39, 0.29) is 17.3 Å². The van der Waals surface area contributed by atoms with Crippen LogP contribution in [0.5, 0.6) is 0 Å². The fourth-order valence-corrected chi connectivity index (χ4v) is 4.45. The van der Waals surface area contributed by atoms with Crippen LogP contribution in [0.4, 0.5) is 0 Å². The molecule has 0 unspecified atom stereocenters. The average molecular weight is 407 g/mol. The molecule has 26 heavy (non-hydrogen) atoms. The molecule has 154 valence electrons. The summed E-state index contributed by atoms with van der Waals surface area (Å²) in [4.78, 5) is 0. The van der Waals surface area contributed by atoms with E-state index < -0.39 is 15.9 Å². The molecule has 0 aliphatic heterocycles. The lowest BCUT2D eigenvalue weighted by Gasteiger charge is -2.36. The van der Waals surface area contributed by atoms with Crippen LogP contribution in [-0.2, 0) is 22.8 Å². The van der Waals surface area contributed by atoms with E-state index in [2.05, 4.69) is 33.9 Å². The van der Waals surface area contributed by atoms with Crippen molar-refractivity contribution in [2.45, 2.75) is 65.3 Å². The van der Waals surface area contributed by atoms with Gasteiger partial charge in [-0.25, -0.2) is 0 Å². The third-order valence-corrected chi connectivity index (χ3v) is 11.0. The van der Waals surface area contributed by atoms with Crippen molar-refractivity contribution in [3.63, 3.8) is 0 Å². The number of ether oxygens (including phenoxy) is 1. The molecular weight excluding hydrogens is 367 g/mol. The minimum atomic E-state index is -3.01. The van der Waals surface area contributed by atoms with E-state index in [1.807, 2.05) is 32.1 Å². The average Bonchev–Trinajstić information content (AvgIpc) is 2.52. The molecule has 0 aliphatic rings. The Morgan fingerprint density at radius 1 is 1.08 bits per heavy atom. The van der Waals surface area contributed by atoms with E-state index in [9.17, 15) is 4.57 Å². The van der Waals surface area contributed by atoms with E-state index in [0.29, 0.717) is 19.8 Å². The van der Waals surface area contributed by atoms with Crippen molar-refractivity contribution in [2.24, 2.45) is 0 Å². The summed E-state index contributed by atoms with van der Waals surface area (Å²) in [5.74, 6) is 0. The predicted octanol–water partition coefficient (Wildman–Crippen LogP) is 5.79. The maximum absolute atomic E-state index is 12.3. The summed E-state index contributed by atoms with van der Waals surface area (Å²) in [5.41, 5.74) is 0. The van der Waals surface area contributed by atoms with Crippen LogP contribution < -0.4 is 0 Å². The van der Waals surface area contributed by atoms with Gasteiger partial charge in [0.25, 0.3) is 0 Å². The molecule has 0 saturated heterocycles. The van der Waals surface area contributed by atoms with Gasteiger partial charge < -0.3 is 18.2 Å². The zero-order valence-corrected chi connectivity index (χ0v) is 19.8. The van der Waals surface area contributed by atoms with Crippen molar-refractivity contribution < 1.29 is 22.8 Å². The number of methoxy groups -OCH3 is 1. The summed E-state index contributed by atoms with van der Waals surface area (Å²) >= 11 is 0. The van der Waals surface area contributed by atoms with Gasteiger partial charge in [0.2, 0.25) is 0 Å². The van der Waals surface area contributed by atoms with Crippen LogP contribution in [0.1, 0.15) is 41.0 Å². The van der Waals surface area contributed by atoms with Crippen molar-refractivity contribution in [3.05, 3.63) is 24.3 Å². The highest BCUT2D eigenvalue weighted by molar-refractivity contribution is 7.54. The van der Waals surface area contributed by atoms with Gasteiger partial charge in [-0.05, 0) is 38.4 Å². The molecule has 0 aromatic carbocycles. The summed E-state index contributed by atoms with van der Waals surface area (Å²) in [6.45, 7) is 16.3. The molecule has 7 heteroatoms. The summed E-state index contributed by atoms with van der Waals surface area (Å²) in [7, 11) is -3.03. The Bertz CT molecular complexity index is 473. The number of hydrogen-bond acceptors (Lipinski definition) is 5. The van der Waals surface area contributed by atoms with Gasteiger partial charge in [-0.3, -0.25) is 4.57 Å². The molecule has 5 nitrogen and oxygen atoms in total. The Morgan fingerprint density at radius 2 is 1.65 bits per heavy atom. The van der Waals surface area contributed by atoms with Gasteiger partial charge in [0.05, 0.1) is 25.5 Å². The van der Waals surface area contributed by atoms with E-state index in [4.69, 9.17) is 18.2 Å². The quantitative estimate of drug-likeness (QED) is 0.220. The standard InChI is InChI=1S/C19H39O5PSi/c1-9-22-25(20,23-10-2)17-13-11-12-14-18(21-6)15-16-24-26(7,8)19(3,4)5/h11-14,18H,9-10,15-17H2,1-8H3/b13-11+,14-12+/t18-/m0/s1. The Balaban J connectivity index is 4.44. The van der Waals surface area contributed by atoms with Gasteiger partial charge in [-0.2, -0.15) is 0 Å². The number of rotatable bonds is 13. The van der Waals surface area contributed by atoms with Crippen LogP contribution >= 0.6 is 7.60 Å². The predicted molar refractivity (Wildman–Crippen MR) is 113 cm³/mol. The Morgan fingerprint density at radius 3 is 2.12 bits per heavy atom. The second kappa shape index (κ2) is 12.3. The highest BCUT2D eigenvalue weighted by atomic mass is 31.2. The van der Waals surface area contributed by atoms with E-state index in [0.717, 1.165) is 6.42 Å². The first kappa shape index (κ1) is 25.8. The van der Waals surface area contributed by atoms with Crippen molar-refractivity contribution in [2.75, 3.05) is 33.1 Å². The van der Waals surface area contributed by atoms with Crippen LogP contribution in [-0.4, -0.2) is 47.5 Å². The van der Waals surface area contributed by atoms with Crippen molar-refractivity contribution >= 4 is 15.9 Å². The van der Waals surface area contributed by atoms with Crippen molar-refractivity contribution in [1.29, 1.82) is 0 Å². The summed E-state index contributed by atoms with van der Waals surface area (Å²) in [6, 6.07) is 0. The fourth-order valence-electron chi connectivity index (χ4n) is 1.93. The van der Waals surface area contributed by atoms with Crippen LogP contribution in [0.15, 0.2) is 24.3 Å². The minimum absolute atomic E-state index is 0.00462. The lowest BCUT2D eigenvalue weighted by Crippen LogP contribution is -2.41. The van der Waals surface area contributed by atoms with Gasteiger partial charge in [0.1, 0.15) is 0 Å². The second-order valence-corrected chi connectivity index (χ2v) is 14.5. The Kier molecular flexibility index (Phi) is 12.2. The normalized spacial score (nSPS) is 15.2. The molecule has 0 fully saturated rings. The van der Waals surface area contributed by atoms with Crippen LogP contribution in [0.25, 0.3) is 0 Å². The molecular formula is C19H39O5PSi. The summed E-state index contributed by atoms with van der Waals surface area (Å²) in [6.07, 6.45) is 8.62. The molecule has 0 heterocycles. The van der Waals surface area contributed by atoms with E-state index in [1.165, 1.54) is 0 Å². The van der Waals surface area contributed by atoms with Gasteiger partial charge in [0.15, 0.2) is 8.32 Å². The van der Waals surface area contributed by atoms with Gasteiger partial charge in [-0.1, -0.05) is 45.1 Å². The molecule has 0 rings (SSSR count). The number of allylic oxidation sites excluding steroid dienone is 3. The Hall–Kier alpha value is -0.233. The first-order valence-electron chi connectivity index (χ1n) is 9.39. The molecule has 0 aromatic heterocycles. The smallest absolute Gasteiger partial charge is 0.334 e. The molecule has 0 aromatic rings. The van der Waals surface area contributed by atoms with Crippen LogP contribution in [0.3, 0.4) is 0 Å². The van der Waals surface area contributed by atoms with Gasteiger partial charge in [-0.15, -0.1) is 0 Å². The summed E-state index contributed by atoms with van der Waals surface area (Å²) < 4.78 is 34.5. The van der Waals surface area contributed by atoms with Crippen molar-refractivity contribution in [1.82, 2.24) is 0 Å². The monoisotopic (exact) mass is 406 g/mol. The molecule has 0 spiro atoms. The first-order chi connectivity index (χ1) is 12.0. The molecule has 0 N–H and O–H groups in total. The zero-order chi connectivity index (χ0) is 20.3. The highest BCUT2D eigenvalue weighted by Gasteiger charge is 2.36. The molecule has 0 bridgehead atoms. The Labute approximate surface area is 161 Å². The maximum atomic E-state index is 12.3. The summed E-state index contributed by atoms with van der Waals surface area (Å²) in [5, 5.41) is 0.212. The SMILES string of the molecule is CCOP(=O)(C/C=C/C=C/[C@@H](CCO[Si](C)(C)C(C)(C)C)OC)OCC. The van der Waals surface area contributed by atoms with Crippen LogP contribution in [0.2, 0.25) is 18.1 Å². The highest BCUT2D eigenvalue weighted by Crippen LogP contribution is 2.47. The fraction of sp³-hybridized carbons (Fsp3) is 0.789. The van der Waals surface area contributed by atoms with Crippen LogP contribution in [0, 0.1) is 0 Å². The molecule has 1 atom stereocenters. The van der Waals surface area contributed by atoms with Gasteiger partial charge >= 0.3 is 7.60 Å². The van der Waals surface area contributed by atoms with Gasteiger partial charge in [0, 0.05) is 13.7 Å². The molecule has 0 radical (unpaired) electrons. The van der Waals surface area contributed by atoms with Crippen molar-refractivity contribution in [3.8, 4) is 0 Å². The third-order valence-electron chi connectivity index (χ3n) is 4.53. The topological polar surface area (TPSA) is 54.0 Å². The lowest BCUT2D eigenvalue weighted by atomic mass is 10.2. The lowest BCUT2D eigenvalue weighted by molar-refractivity contribution is 0.114. The minimum Gasteiger partial charge on any atom is -0.417 e. The second-order valence-electron chi connectivity index (χ2n) is 7.61. The largest absolute Gasteiger partial charge is 0.417 e. The molecule has 0 amide bonds.